The van der Waals surface area contributed by atoms with Crippen molar-refractivity contribution in [2.45, 2.75) is 25.9 Å². The third kappa shape index (κ3) is 3.69. The molecular formula is C21H22N4O2. The number of likely N-dealkylation sites (tertiary alicyclic amines) is 1. The second-order valence-electron chi connectivity index (χ2n) is 6.69. The SMILES string of the molecule is Cc1c(C(=O)N2CCC(Oc3cccnc3)CC2)cnn1-c1ccccc1. The molecule has 138 valence electrons. The topological polar surface area (TPSA) is 60.3 Å². The molecule has 27 heavy (non-hydrogen) atoms. The normalized spacial score (nSPS) is 14.9. The number of carbonyl (C=O) groups is 1. The van der Waals surface area contributed by atoms with Crippen LogP contribution in [0.1, 0.15) is 28.9 Å². The number of carbonyl (C=O) groups excluding carboxylic acids is 1. The second kappa shape index (κ2) is 7.61. The van der Waals surface area contributed by atoms with Crippen LogP contribution in [0.3, 0.4) is 0 Å². The fourth-order valence-electron chi connectivity index (χ4n) is 3.41. The Morgan fingerprint density at radius 3 is 2.56 bits per heavy atom. The molecule has 1 aliphatic heterocycles. The van der Waals surface area contributed by atoms with Crippen molar-refractivity contribution in [3.63, 3.8) is 0 Å². The Morgan fingerprint density at radius 1 is 1.07 bits per heavy atom. The zero-order valence-corrected chi connectivity index (χ0v) is 15.3. The van der Waals surface area contributed by atoms with Gasteiger partial charge in [-0.25, -0.2) is 4.68 Å². The van der Waals surface area contributed by atoms with Crippen LogP contribution in [0.4, 0.5) is 0 Å². The van der Waals surface area contributed by atoms with E-state index in [1.165, 1.54) is 0 Å². The van der Waals surface area contributed by atoms with Crippen molar-refractivity contribution in [3.05, 3.63) is 72.3 Å². The molecule has 3 aromatic rings. The van der Waals surface area contributed by atoms with Gasteiger partial charge >= 0.3 is 0 Å². The van der Waals surface area contributed by atoms with Gasteiger partial charge in [0.1, 0.15) is 11.9 Å². The minimum absolute atomic E-state index is 0.0366. The Balaban J connectivity index is 1.41. The first-order valence-corrected chi connectivity index (χ1v) is 9.18. The molecule has 0 unspecified atom stereocenters. The molecule has 0 radical (unpaired) electrons. The van der Waals surface area contributed by atoms with Gasteiger partial charge in [-0.15, -0.1) is 0 Å². The van der Waals surface area contributed by atoms with Crippen LogP contribution in [0.2, 0.25) is 0 Å². The monoisotopic (exact) mass is 362 g/mol. The molecule has 1 aromatic carbocycles. The molecule has 0 atom stereocenters. The molecule has 0 bridgehead atoms. The van der Waals surface area contributed by atoms with E-state index in [9.17, 15) is 4.79 Å². The quantitative estimate of drug-likeness (QED) is 0.715. The van der Waals surface area contributed by atoms with Gasteiger partial charge in [0.05, 0.1) is 29.3 Å². The van der Waals surface area contributed by atoms with Crippen molar-refractivity contribution in [1.82, 2.24) is 19.7 Å². The molecule has 2 aromatic heterocycles. The Labute approximate surface area is 158 Å². The van der Waals surface area contributed by atoms with E-state index in [0.29, 0.717) is 18.7 Å². The number of rotatable bonds is 4. The van der Waals surface area contributed by atoms with Gasteiger partial charge in [0.2, 0.25) is 0 Å². The lowest BCUT2D eigenvalue weighted by molar-refractivity contribution is 0.0594. The average molecular weight is 362 g/mol. The number of ether oxygens (including phenoxy) is 1. The smallest absolute Gasteiger partial charge is 0.257 e. The number of nitrogens with zero attached hydrogens (tertiary/aromatic N) is 4. The third-order valence-electron chi connectivity index (χ3n) is 4.91. The molecule has 1 fully saturated rings. The molecule has 3 heterocycles. The standard InChI is InChI=1S/C21H22N4O2/c1-16-20(15-23-25(16)17-6-3-2-4-7-17)21(26)24-12-9-18(10-13-24)27-19-8-5-11-22-14-19/h2-8,11,14-15,18H,9-10,12-13H2,1H3. The maximum absolute atomic E-state index is 13.0. The number of aromatic nitrogens is 3. The van der Waals surface area contributed by atoms with E-state index in [4.69, 9.17) is 4.74 Å². The van der Waals surface area contributed by atoms with Gasteiger partial charge in [0, 0.05) is 32.1 Å². The zero-order chi connectivity index (χ0) is 18.6. The number of pyridine rings is 1. The van der Waals surface area contributed by atoms with Crippen LogP contribution in [0.25, 0.3) is 5.69 Å². The van der Waals surface area contributed by atoms with Crippen LogP contribution in [0.5, 0.6) is 5.75 Å². The zero-order valence-electron chi connectivity index (χ0n) is 15.3. The van der Waals surface area contributed by atoms with Crippen LogP contribution in [0.15, 0.2) is 61.1 Å². The molecule has 0 N–H and O–H groups in total. The second-order valence-corrected chi connectivity index (χ2v) is 6.69. The van der Waals surface area contributed by atoms with Gasteiger partial charge in [-0.1, -0.05) is 18.2 Å². The molecule has 1 amide bonds. The first-order chi connectivity index (χ1) is 13.2. The number of amides is 1. The third-order valence-corrected chi connectivity index (χ3v) is 4.91. The predicted octanol–water partition coefficient (Wildman–Crippen LogP) is 3.26. The molecule has 0 aliphatic carbocycles. The van der Waals surface area contributed by atoms with Crippen LogP contribution in [-0.4, -0.2) is 44.8 Å². The van der Waals surface area contributed by atoms with E-state index in [-0.39, 0.29) is 12.0 Å². The Morgan fingerprint density at radius 2 is 1.85 bits per heavy atom. The maximum Gasteiger partial charge on any atom is 0.257 e. The number of piperidine rings is 1. The summed E-state index contributed by atoms with van der Waals surface area (Å²) in [5.74, 6) is 0.816. The summed E-state index contributed by atoms with van der Waals surface area (Å²) in [6.45, 7) is 3.30. The number of para-hydroxylation sites is 1. The molecule has 0 spiro atoms. The fourth-order valence-corrected chi connectivity index (χ4v) is 3.41. The van der Waals surface area contributed by atoms with Crippen molar-refractivity contribution in [1.29, 1.82) is 0 Å². The first kappa shape index (κ1) is 17.3. The summed E-state index contributed by atoms with van der Waals surface area (Å²) in [6, 6.07) is 13.6. The summed E-state index contributed by atoms with van der Waals surface area (Å²) in [5, 5.41) is 4.41. The molecule has 4 rings (SSSR count). The summed E-state index contributed by atoms with van der Waals surface area (Å²) >= 11 is 0. The molecule has 6 heteroatoms. The molecule has 0 saturated carbocycles. The number of benzene rings is 1. The van der Waals surface area contributed by atoms with Crippen molar-refractivity contribution in [2.24, 2.45) is 0 Å². The fraction of sp³-hybridized carbons (Fsp3) is 0.286. The lowest BCUT2D eigenvalue weighted by Crippen LogP contribution is -2.41. The van der Waals surface area contributed by atoms with E-state index in [2.05, 4.69) is 10.1 Å². The van der Waals surface area contributed by atoms with E-state index >= 15 is 0 Å². The van der Waals surface area contributed by atoms with Crippen LogP contribution in [0, 0.1) is 6.92 Å². The lowest BCUT2D eigenvalue weighted by atomic mass is 10.1. The molecule has 1 saturated heterocycles. The average Bonchev–Trinajstić information content (AvgIpc) is 3.11. The van der Waals surface area contributed by atoms with Crippen molar-refractivity contribution < 1.29 is 9.53 Å². The Hall–Kier alpha value is -3.15. The van der Waals surface area contributed by atoms with Gasteiger partial charge in [-0.2, -0.15) is 5.10 Å². The molecule has 1 aliphatic rings. The highest BCUT2D eigenvalue weighted by Gasteiger charge is 2.27. The highest BCUT2D eigenvalue weighted by Crippen LogP contribution is 2.21. The van der Waals surface area contributed by atoms with Gasteiger partial charge in [-0.05, 0) is 31.2 Å². The summed E-state index contributed by atoms with van der Waals surface area (Å²) in [5.41, 5.74) is 2.48. The van der Waals surface area contributed by atoms with Gasteiger partial charge in [0.25, 0.3) is 5.91 Å². The summed E-state index contributed by atoms with van der Waals surface area (Å²) in [6.07, 6.45) is 6.86. The van der Waals surface area contributed by atoms with E-state index in [0.717, 1.165) is 30.0 Å². The first-order valence-electron chi connectivity index (χ1n) is 9.18. The largest absolute Gasteiger partial charge is 0.489 e. The number of hydrogen-bond acceptors (Lipinski definition) is 4. The van der Waals surface area contributed by atoms with Gasteiger partial charge in [0.15, 0.2) is 0 Å². The summed E-state index contributed by atoms with van der Waals surface area (Å²) in [7, 11) is 0. The highest BCUT2D eigenvalue weighted by atomic mass is 16.5. The van der Waals surface area contributed by atoms with E-state index < -0.39 is 0 Å². The predicted molar refractivity (Wildman–Crippen MR) is 102 cm³/mol. The lowest BCUT2D eigenvalue weighted by Gasteiger charge is -2.32. The Kier molecular flexibility index (Phi) is 4.87. The minimum atomic E-state index is 0.0366. The number of hydrogen-bond donors (Lipinski definition) is 0. The maximum atomic E-state index is 13.0. The van der Waals surface area contributed by atoms with Crippen LogP contribution >= 0.6 is 0 Å². The minimum Gasteiger partial charge on any atom is -0.489 e. The Bertz CT molecular complexity index is 900. The van der Waals surface area contributed by atoms with Crippen molar-refractivity contribution in [3.8, 4) is 11.4 Å². The van der Waals surface area contributed by atoms with E-state index in [1.807, 2.05) is 59.0 Å². The van der Waals surface area contributed by atoms with Crippen LogP contribution < -0.4 is 4.74 Å². The van der Waals surface area contributed by atoms with Crippen molar-refractivity contribution in [2.75, 3.05) is 13.1 Å². The highest BCUT2D eigenvalue weighted by molar-refractivity contribution is 5.95. The van der Waals surface area contributed by atoms with Crippen molar-refractivity contribution >= 4 is 5.91 Å². The summed E-state index contributed by atoms with van der Waals surface area (Å²) < 4.78 is 7.77. The summed E-state index contributed by atoms with van der Waals surface area (Å²) in [4.78, 5) is 18.9. The van der Waals surface area contributed by atoms with Gasteiger partial charge in [-0.3, -0.25) is 9.78 Å². The van der Waals surface area contributed by atoms with Gasteiger partial charge < -0.3 is 9.64 Å². The van der Waals surface area contributed by atoms with Crippen LogP contribution in [-0.2, 0) is 0 Å². The molecule has 6 nitrogen and oxygen atoms in total. The van der Waals surface area contributed by atoms with E-state index in [1.54, 1.807) is 18.6 Å². The molecular weight excluding hydrogens is 340 g/mol.